The van der Waals surface area contributed by atoms with Crippen molar-refractivity contribution in [2.45, 2.75) is 51.4 Å². The van der Waals surface area contributed by atoms with Crippen molar-refractivity contribution in [2.24, 2.45) is 5.16 Å². The Morgan fingerprint density at radius 3 is 2.74 bits per heavy atom. The van der Waals surface area contributed by atoms with Gasteiger partial charge < -0.3 is 14.9 Å². The van der Waals surface area contributed by atoms with E-state index >= 15 is 0 Å². The molecule has 1 unspecified atom stereocenters. The van der Waals surface area contributed by atoms with E-state index in [0.29, 0.717) is 5.56 Å². The first-order valence-electron chi connectivity index (χ1n) is 7.59. The van der Waals surface area contributed by atoms with Crippen LogP contribution in [-0.2, 0) is 9.63 Å². The molecule has 1 atom stereocenters. The third kappa shape index (κ3) is 5.50. The lowest BCUT2D eigenvalue weighted by atomic mass is 10.2. The summed E-state index contributed by atoms with van der Waals surface area (Å²) in [5.74, 6) is -0.232. The Balaban J connectivity index is 1.86. The number of nitrogens with zero attached hydrogens (tertiary/aromatic N) is 1. The largest absolute Gasteiger partial charge is 0.434 e. The molecular formula is C16H20F2N2O3. The van der Waals surface area contributed by atoms with Gasteiger partial charge >= 0.3 is 6.61 Å². The summed E-state index contributed by atoms with van der Waals surface area (Å²) in [7, 11) is 0. The number of hydrogen-bond donors (Lipinski definition) is 1. The predicted molar refractivity (Wildman–Crippen MR) is 81.6 cm³/mol. The van der Waals surface area contributed by atoms with Crippen LogP contribution in [0.25, 0.3) is 0 Å². The summed E-state index contributed by atoms with van der Waals surface area (Å²) in [6.45, 7) is -1.33. The number of hydrogen-bond acceptors (Lipinski definition) is 4. The van der Waals surface area contributed by atoms with Crippen molar-refractivity contribution in [3.63, 3.8) is 0 Å². The van der Waals surface area contributed by atoms with Gasteiger partial charge in [0.05, 0.1) is 6.21 Å². The van der Waals surface area contributed by atoms with E-state index in [1.54, 1.807) is 25.1 Å². The molecule has 0 aliphatic heterocycles. The molecule has 1 aliphatic rings. The van der Waals surface area contributed by atoms with Crippen molar-refractivity contribution < 1.29 is 23.1 Å². The molecule has 0 spiro atoms. The normalized spacial score (nSPS) is 16.7. The second kappa shape index (κ2) is 8.45. The summed E-state index contributed by atoms with van der Waals surface area (Å²) in [6, 6.07) is 6.42. The minimum atomic E-state index is -2.92. The van der Waals surface area contributed by atoms with Crippen LogP contribution in [0.1, 0.15) is 38.2 Å². The number of amides is 1. The first-order valence-corrected chi connectivity index (χ1v) is 7.59. The summed E-state index contributed by atoms with van der Waals surface area (Å²) in [5.41, 5.74) is 0.344. The number of rotatable bonds is 7. The van der Waals surface area contributed by atoms with Crippen molar-refractivity contribution in [3.8, 4) is 5.75 Å². The van der Waals surface area contributed by atoms with E-state index in [-0.39, 0.29) is 17.7 Å². The summed E-state index contributed by atoms with van der Waals surface area (Å²) >= 11 is 0. The molecule has 7 heteroatoms. The number of halogens is 2. The van der Waals surface area contributed by atoms with E-state index in [2.05, 4.69) is 15.2 Å². The SMILES string of the molecule is CC(O/N=C/c1ccccc1OC(F)F)C(=O)NC1CCCC1. The second-order valence-corrected chi connectivity index (χ2v) is 5.39. The molecule has 23 heavy (non-hydrogen) atoms. The molecular weight excluding hydrogens is 306 g/mol. The molecule has 0 radical (unpaired) electrons. The number of para-hydroxylation sites is 1. The zero-order valence-electron chi connectivity index (χ0n) is 12.9. The van der Waals surface area contributed by atoms with Crippen molar-refractivity contribution in [2.75, 3.05) is 0 Å². The summed E-state index contributed by atoms with van der Waals surface area (Å²) in [6.07, 6.45) is 4.71. The van der Waals surface area contributed by atoms with E-state index in [4.69, 9.17) is 4.84 Å². The van der Waals surface area contributed by atoms with E-state index in [0.717, 1.165) is 25.7 Å². The molecule has 0 aromatic heterocycles. The smallest absolute Gasteiger partial charge is 0.387 e. The van der Waals surface area contributed by atoms with Crippen molar-refractivity contribution >= 4 is 12.1 Å². The zero-order valence-corrected chi connectivity index (χ0v) is 12.9. The highest BCUT2D eigenvalue weighted by atomic mass is 19.3. The van der Waals surface area contributed by atoms with Crippen LogP contribution in [0.3, 0.4) is 0 Å². The van der Waals surface area contributed by atoms with Gasteiger partial charge in [0.2, 0.25) is 6.10 Å². The number of benzene rings is 1. The molecule has 2 rings (SSSR count). The maximum atomic E-state index is 12.3. The molecule has 1 aliphatic carbocycles. The number of carbonyl (C=O) groups is 1. The molecule has 0 bridgehead atoms. The van der Waals surface area contributed by atoms with Crippen LogP contribution in [0.4, 0.5) is 8.78 Å². The lowest BCUT2D eigenvalue weighted by Crippen LogP contribution is -2.39. The van der Waals surface area contributed by atoms with Gasteiger partial charge in [-0.25, -0.2) is 0 Å². The topological polar surface area (TPSA) is 59.9 Å². The summed E-state index contributed by atoms with van der Waals surface area (Å²) < 4.78 is 29.0. The van der Waals surface area contributed by atoms with Gasteiger partial charge in [-0.3, -0.25) is 4.79 Å². The number of carbonyl (C=O) groups excluding carboxylic acids is 1. The Hall–Kier alpha value is -2.18. The Morgan fingerprint density at radius 2 is 2.04 bits per heavy atom. The van der Waals surface area contributed by atoms with Gasteiger partial charge in [0.1, 0.15) is 5.75 Å². The van der Waals surface area contributed by atoms with Crippen molar-refractivity contribution in [1.29, 1.82) is 0 Å². The number of alkyl halides is 2. The van der Waals surface area contributed by atoms with Gasteiger partial charge in [0, 0.05) is 11.6 Å². The fraction of sp³-hybridized carbons (Fsp3) is 0.500. The van der Waals surface area contributed by atoms with Crippen molar-refractivity contribution in [3.05, 3.63) is 29.8 Å². The molecule has 1 aromatic rings. The lowest BCUT2D eigenvalue weighted by Gasteiger charge is -2.15. The van der Waals surface area contributed by atoms with E-state index in [1.807, 2.05) is 0 Å². The molecule has 1 saturated carbocycles. The Labute approximate surface area is 133 Å². The van der Waals surface area contributed by atoms with Gasteiger partial charge in [-0.2, -0.15) is 8.78 Å². The number of nitrogens with one attached hydrogen (secondary N) is 1. The quantitative estimate of drug-likeness (QED) is 0.619. The van der Waals surface area contributed by atoms with Crippen LogP contribution in [0.15, 0.2) is 29.4 Å². The monoisotopic (exact) mass is 326 g/mol. The Bertz CT molecular complexity index is 546. The average molecular weight is 326 g/mol. The van der Waals surface area contributed by atoms with Crippen molar-refractivity contribution in [1.82, 2.24) is 5.32 Å². The molecule has 1 amide bonds. The molecule has 5 nitrogen and oxygen atoms in total. The first-order chi connectivity index (χ1) is 11.1. The van der Waals surface area contributed by atoms with E-state index in [9.17, 15) is 13.6 Å². The molecule has 126 valence electrons. The third-order valence-corrected chi connectivity index (χ3v) is 3.62. The third-order valence-electron chi connectivity index (χ3n) is 3.62. The molecule has 1 N–H and O–H groups in total. The standard InChI is InChI=1S/C16H20F2N2O3/c1-11(15(21)20-13-7-3-4-8-13)23-19-10-12-6-2-5-9-14(12)22-16(17)18/h2,5-6,9-11,13,16H,3-4,7-8H2,1H3,(H,20,21)/b19-10+. The van der Waals surface area contributed by atoms with Gasteiger partial charge in [-0.1, -0.05) is 30.1 Å². The minimum Gasteiger partial charge on any atom is -0.434 e. The van der Waals surface area contributed by atoms with Gasteiger partial charge in [-0.15, -0.1) is 0 Å². The molecule has 0 heterocycles. The van der Waals surface area contributed by atoms with Crippen LogP contribution in [0, 0.1) is 0 Å². The summed E-state index contributed by atoms with van der Waals surface area (Å²) in [5, 5.41) is 6.60. The fourth-order valence-corrected chi connectivity index (χ4v) is 2.41. The Morgan fingerprint density at radius 1 is 1.35 bits per heavy atom. The van der Waals surface area contributed by atoms with Crippen LogP contribution >= 0.6 is 0 Å². The van der Waals surface area contributed by atoms with E-state index in [1.165, 1.54) is 12.3 Å². The Kier molecular flexibility index (Phi) is 6.31. The lowest BCUT2D eigenvalue weighted by molar-refractivity contribution is -0.132. The maximum Gasteiger partial charge on any atom is 0.387 e. The molecule has 1 fully saturated rings. The van der Waals surface area contributed by atoms with Gasteiger partial charge in [-0.05, 0) is 31.9 Å². The zero-order chi connectivity index (χ0) is 16.7. The fourth-order valence-electron chi connectivity index (χ4n) is 2.41. The average Bonchev–Trinajstić information content (AvgIpc) is 3.01. The number of oxime groups is 1. The first kappa shape index (κ1) is 17.2. The molecule has 1 aromatic carbocycles. The van der Waals surface area contributed by atoms with E-state index < -0.39 is 12.7 Å². The van der Waals surface area contributed by atoms with Gasteiger partial charge in [0.15, 0.2) is 0 Å². The van der Waals surface area contributed by atoms with Crippen LogP contribution < -0.4 is 10.1 Å². The summed E-state index contributed by atoms with van der Waals surface area (Å²) in [4.78, 5) is 17.0. The molecule has 0 saturated heterocycles. The number of ether oxygens (including phenoxy) is 1. The van der Waals surface area contributed by atoms with Gasteiger partial charge in [0.25, 0.3) is 5.91 Å². The predicted octanol–water partition coefficient (Wildman–Crippen LogP) is 3.09. The highest BCUT2D eigenvalue weighted by molar-refractivity contribution is 5.83. The second-order valence-electron chi connectivity index (χ2n) is 5.39. The van der Waals surface area contributed by atoms with Crippen LogP contribution in [0.5, 0.6) is 5.75 Å². The minimum absolute atomic E-state index is 0.00193. The highest BCUT2D eigenvalue weighted by Gasteiger charge is 2.21. The highest BCUT2D eigenvalue weighted by Crippen LogP contribution is 2.19. The van der Waals surface area contributed by atoms with Crippen LogP contribution in [0.2, 0.25) is 0 Å². The van der Waals surface area contributed by atoms with Crippen LogP contribution in [-0.4, -0.2) is 30.9 Å². The maximum absolute atomic E-state index is 12.3.